The monoisotopic (exact) mass is 1010 g/mol. The van der Waals surface area contributed by atoms with Crippen LogP contribution in [0, 0.1) is 35.5 Å². The zero-order valence-electron chi connectivity index (χ0n) is 44.6. The normalized spacial score (nSPS) is 24.7. The first-order chi connectivity index (χ1) is 33.1. The molecular weight excluding hydrogens is 919 g/mol. The fourth-order valence-corrected chi connectivity index (χ4v) is 8.19. The van der Waals surface area contributed by atoms with Crippen molar-refractivity contribution in [2.45, 2.75) is 228 Å². The van der Waals surface area contributed by atoms with Crippen LogP contribution in [0.3, 0.4) is 0 Å². The van der Waals surface area contributed by atoms with Crippen LogP contribution in [0.4, 0.5) is 0 Å². The van der Waals surface area contributed by atoms with Gasteiger partial charge < -0.3 is 52.2 Å². The number of amides is 7. The largest absolute Gasteiger partial charge is 0.481 e. The Kier molecular flexibility index (Phi) is 29.3. The topological polar surface area (TPSA) is 305 Å². The Morgan fingerprint density at radius 1 is 0.507 bits per heavy atom. The van der Waals surface area contributed by atoms with E-state index in [0.717, 1.165) is 32.1 Å². The summed E-state index contributed by atoms with van der Waals surface area (Å²) >= 11 is 0. The molecule has 7 amide bonds. The molecule has 0 radical (unpaired) electrons. The highest BCUT2D eigenvalue weighted by molar-refractivity contribution is 5.98. The summed E-state index contributed by atoms with van der Waals surface area (Å²) in [6.45, 7) is 21.9. The quantitative estimate of drug-likeness (QED) is 0.0542. The number of carbonyl (C=O) groups is 10. The van der Waals surface area contributed by atoms with Crippen LogP contribution in [0.1, 0.15) is 179 Å². The smallest absolute Gasteiger partial charge is 0.328 e. The standard InChI is InChI=1S/C51H89N7O13/c1-13-33(12)18-16-14-15-17-19-34-26-41(59)52-35(20-21-42(60)61)45(64)53-36(22-28(2)3)46(65)55-38(24-30(6)7)49(68)58-44(32(10)11)50(69)56-39(27-43(62)63)48(67)54-37(23-29(4)5)47(66)57-40(25-31(8)9)51(70)71-34/h28-40,44H,13-27H2,1-12H3,(H,52,59)(H,53,64)(H,54,67)(H,55,65)(H,56,69)(H,57,66)(H,58,68)(H,60,61)(H,62,63)/t33?,34?,35-,36-,37-,38-,39-,40-,44-/m0/s1. The molecule has 0 aromatic carbocycles. The number of ether oxygens (including phenoxy) is 1. The fraction of sp³-hybridized carbons (Fsp3) is 0.804. The first-order valence-corrected chi connectivity index (χ1v) is 25.9. The van der Waals surface area contributed by atoms with E-state index in [1.54, 1.807) is 55.4 Å². The van der Waals surface area contributed by atoms with Gasteiger partial charge in [0, 0.05) is 6.42 Å². The first kappa shape index (κ1) is 63.7. The third-order valence-corrected chi connectivity index (χ3v) is 12.3. The molecule has 9 N–H and O–H groups in total. The van der Waals surface area contributed by atoms with Crippen molar-refractivity contribution in [2.75, 3.05) is 0 Å². The van der Waals surface area contributed by atoms with E-state index in [4.69, 9.17) is 4.74 Å². The van der Waals surface area contributed by atoms with Crippen molar-refractivity contribution in [1.82, 2.24) is 37.2 Å². The Labute approximate surface area is 421 Å². The Balaban J connectivity index is 4.01. The second-order valence-corrected chi connectivity index (χ2v) is 21.5. The van der Waals surface area contributed by atoms with Crippen LogP contribution in [0.15, 0.2) is 0 Å². The maximum absolute atomic E-state index is 14.2. The maximum atomic E-state index is 14.2. The van der Waals surface area contributed by atoms with Crippen LogP contribution in [0.5, 0.6) is 0 Å². The molecule has 1 aliphatic rings. The van der Waals surface area contributed by atoms with Gasteiger partial charge >= 0.3 is 17.9 Å². The number of unbranched alkanes of at least 4 members (excludes halogenated alkanes) is 3. The third kappa shape index (κ3) is 26.1. The molecule has 406 valence electrons. The number of carboxylic acids is 2. The fourth-order valence-electron chi connectivity index (χ4n) is 8.19. The van der Waals surface area contributed by atoms with E-state index in [1.807, 2.05) is 13.8 Å². The predicted octanol–water partition coefficient (Wildman–Crippen LogP) is 4.26. The number of carbonyl (C=O) groups excluding carboxylic acids is 8. The van der Waals surface area contributed by atoms with Crippen molar-refractivity contribution in [2.24, 2.45) is 35.5 Å². The lowest BCUT2D eigenvalue weighted by Gasteiger charge is -2.29. The van der Waals surface area contributed by atoms with E-state index in [2.05, 4.69) is 51.1 Å². The lowest BCUT2D eigenvalue weighted by atomic mass is 9.98. The number of aliphatic carboxylic acids is 2. The molecule has 0 aromatic heterocycles. The summed E-state index contributed by atoms with van der Waals surface area (Å²) in [6.07, 6.45) is 2.56. The molecule has 0 spiro atoms. The van der Waals surface area contributed by atoms with E-state index >= 15 is 0 Å². The molecule has 20 nitrogen and oxygen atoms in total. The zero-order chi connectivity index (χ0) is 54.1. The first-order valence-electron chi connectivity index (χ1n) is 25.9. The van der Waals surface area contributed by atoms with Crippen molar-refractivity contribution < 1.29 is 62.9 Å². The third-order valence-electron chi connectivity index (χ3n) is 12.3. The van der Waals surface area contributed by atoms with E-state index in [1.165, 1.54) is 0 Å². The van der Waals surface area contributed by atoms with Crippen molar-refractivity contribution in [3.8, 4) is 0 Å². The maximum Gasteiger partial charge on any atom is 0.328 e. The molecule has 0 aromatic rings. The lowest BCUT2D eigenvalue weighted by Crippen LogP contribution is -2.61. The van der Waals surface area contributed by atoms with Crippen LogP contribution < -0.4 is 37.2 Å². The van der Waals surface area contributed by atoms with Crippen molar-refractivity contribution >= 4 is 59.3 Å². The number of nitrogens with one attached hydrogen (secondary N) is 7. The molecule has 1 heterocycles. The number of esters is 1. The van der Waals surface area contributed by atoms with Gasteiger partial charge in [-0.1, -0.05) is 115 Å². The van der Waals surface area contributed by atoms with Crippen LogP contribution >= 0.6 is 0 Å². The van der Waals surface area contributed by atoms with Gasteiger partial charge in [0.05, 0.1) is 12.8 Å². The molecular formula is C51H89N7O13. The minimum absolute atomic E-state index is 0.0386. The van der Waals surface area contributed by atoms with Gasteiger partial charge in [0.2, 0.25) is 41.4 Å². The summed E-state index contributed by atoms with van der Waals surface area (Å²) in [5.74, 6) is -10.2. The minimum Gasteiger partial charge on any atom is -0.481 e. The van der Waals surface area contributed by atoms with Gasteiger partial charge in [-0.05, 0) is 80.5 Å². The summed E-state index contributed by atoms with van der Waals surface area (Å²) < 4.78 is 6.02. The molecule has 1 aliphatic heterocycles. The van der Waals surface area contributed by atoms with Gasteiger partial charge in [-0.15, -0.1) is 0 Å². The molecule has 1 saturated heterocycles. The molecule has 1 fully saturated rings. The van der Waals surface area contributed by atoms with Crippen LogP contribution in [0.2, 0.25) is 0 Å². The summed E-state index contributed by atoms with van der Waals surface area (Å²) in [7, 11) is 0. The highest BCUT2D eigenvalue weighted by atomic mass is 16.5. The highest BCUT2D eigenvalue weighted by Crippen LogP contribution is 2.19. The Morgan fingerprint density at radius 3 is 1.38 bits per heavy atom. The molecule has 0 aliphatic carbocycles. The number of hydrogen-bond donors (Lipinski definition) is 9. The number of rotatable bonds is 22. The van der Waals surface area contributed by atoms with E-state index in [-0.39, 0.29) is 62.2 Å². The molecule has 1 rings (SSSR count). The van der Waals surface area contributed by atoms with Gasteiger partial charge in [0.25, 0.3) is 0 Å². The summed E-state index contributed by atoms with van der Waals surface area (Å²) in [5, 5.41) is 37.8. The second kappa shape index (κ2) is 32.6. The minimum atomic E-state index is -1.72. The number of hydrogen-bond acceptors (Lipinski definition) is 11. The van der Waals surface area contributed by atoms with Gasteiger partial charge in [0.1, 0.15) is 48.4 Å². The lowest BCUT2D eigenvalue weighted by molar-refractivity contribution is -0.155. The number of cyclic esters (lactones) is 1. The number of carboxylic acid groups (broad SMARTS) is 2. The van der Waals surface area contributed by atoms with Crippen LogP contribution in [0.25, 0.3) is 0 Å². The Bertz CT molecular complexity index is 1770. The van der Waals surface area contributed by atoms with Crippen LogP contribution in [-0.2, 0) is 52.7 Å². The van der Waals surface area contributed by atoms with Gasteiger partial charge in [-0.3, -0.25) is 43.2 Å². The van der Waals surface area contributed by atoms with Crippen molar-refractivity contribution in [3.63, 3.8) is 0 Å². The second-order valence-electron chi connectivity index (χ2n) is 21.5. The van der Waals surface area contributed by atoms with Crippen molar-refractivity contribution in [3.05, 3.63) is 0 Å². The zero-order valence-corrected chi connectivity index (χ0v) is 44.6. The molecule has 0 bridgehead atoms. The van der Waals surface area contributed by atoms with Gasteiger partial charge in [-0.2, -0.15) is 0 Å². The van der Waals surface area contributed by atoms with E-state index in [0.29, 0.717) is 12.3 Å². The van der Waals surface area contributed by atoms with E-state index in [9.17, 15) is 58.2 Å². The van der Waals surface area contributed by atoms with Gasteiger partial charge in [0.15, 0.2) is 0 Å². The Hall–Kier alpha value is -5.30. The SMILES string of the molecule is CCC(C)CCCCCCC1CC(=O)N[C@@H](CCC(=O)O)C(=O)N[C@@H](CC(C)C)C(=O)N[C@@H](CC(C)C)C(=O)N[C@@H](C(C)C)C(=O)N[C@@H](CC(=O)O)C(=O)N[C@@H](CC(C)C)C(=O)N[C@@H](CC(C)C)C(=O)O1. The summed E-state index contributed by atoms with van der Waals surface area (Å²) in [4.78, 5) is 136. The average Bonchev–Trinajstić information content (AvgIpc) is 3.25. The molecule has 9 atom stereocenters. The van der Waals surface area contributed by atoms with Crippen LogP contribution in [-0.4, -0.2) is 118 Å². The molecule has 2 unspecified atom stereocenters. The molecule has 0 saturated carbocycles. The van der Waals surface area contributed by atoms with Gasteiger partial charge in [-0.25, -0.2) is 4.79 Å². The molecule has 71 heavy (non-hydrogen) atoms. The van der Waals surface area contributed by atoms with Crippen molar-refractivity contribution in [1.29, 1.82) is 0 Å². The highest BCUT2D eigenvalue weighted by Gasteiger charge is 2.37. The summed E-state index contributed by atoms with van der Waals surface area (Å²) in [6, 6.07) is -9.64. The van der Waals surface area contributed by atoms with E-state index < -0.39 is 133 Å². The Morgan fingerprint density at radius 2 is 0.930 bits per heavy atom. The predicted molar refractivity (Wildman–Crippen MR) is 267 cm³/mol. The average molecular weight is 1010 g/mol. The molecule has 20 heteroatoms. The summed E-state index contributed by atoms with van der Waals surface area (Å²) in [5.41, 5.74) is 0.